The van der Waals surface area contributed by atoms with Crippen LogP contribution in [0.5, 0.6) is 5.88 Å². The Labute approximate surface area is 151 Å². The molecule has 2 heterocycles. The van der Waals surface area contributed by atoms with Gasteiger partial charge in [-0.05, 0) is 55.3 Å². The highest BCUT2D eigenvalue weighted by Gasteiger charge is 2.05. The van der Waals surface area contributed by atoms with Gasteiger partial charge in [0.1, 0.15) is 12.3 Å². The lowest BCUT2D eigenvalue weighted by molar-refractivity contribution is 0.246. The molecule has 7 nitrogen and oxygen atoms in total. The molecule has 1 aromatic carbocycles. The maximum absolute atomic E-state index is 11.9. The second kappa shape index (κ2) is 8.15. The van der Waals surface area contributed by atoms with Gasteiger partial charge in [0.05, 0.1) is 12.8 Å². The molecule has 0 bridgehead atoms. The number of amides is 2. The van der Waals surface area contributed by atoms with Gasteiger partial charge >= 0.3 is 6.03 Å². The number of aromatic nitrogens is 2. The molecule has 0 unspecified atom stereocenters. The van der Waals surface area contributed by atoms with E-state index in [0.717, 1.165) is 16.8 Å². The minimum Gasteiger partial charge on any atom is -0.475 e. The number of carbonyl (C=O) groups excluding carboxylic acids is 1. The summed E-state index contributed by atoms with van der Waals surface area (Å²) in [5.74, 6) is 1.03. The normalized spacial score (nSPS) is 10.4. The molecular weight excluding hydrogens is 332 g/mol. The van der Waals surface area contributed by atoms with Gasteiger partial charge in [-0.15, -0.1) is 10.2 Å². The van der Waals surface area contributed by atoms with Crippen LogP contribution in [-0.2, 0) is 0 Å². The van der Waals surface area contributed by atoms with E-state index < -0.39 is 0 Å². The smallest absolute Gasteiger partial charge is 0.319 e. The van der Waals surface area contributed by atoms with Crippen LogP contribution >= 0.6 is 0 Å². The van der Waals surface area contributed by atoms with E-state index in [4.69, 9.17) is 9.15 Å². The van der Waals surface area contributed by atoms with Crippen molar-refractivity contribution in [3.05, 3.63) is 59.9 Å². The zero-order valence-electron chi connectivity index (χ0n) is 14.7. The summed E-state index contributed by atoms with van der Waals surface area (Å²) in [6, 6.07) is 12.7. The van der Waals surface area contributed by atoms with Crippen LogP contribution in [0.25, 0.3) is 11.5 Å². The molecule has 2 N–H and O–H groups in total. The first-order valence-electron chi connectivity index (χ1n) is 8.24. The van der Waals surface area contributed by atoms with Gasteiger partial charge in [0.15, 0.2) is 5.76 Å². The number of hydrogen-bond donors (Lipinski definition) is 2. The second-order valence-electron chi connectivity index (χ2n) is 5.84. The zero-order valence-corrected chi connectivity index (χ0v) is 14.7. The van der Waals surface area contributed by atoms with Crippen molar-refractivity contribution in [3.63, 3.8) is 0 Å². The lowest BCUT2D eigenvalue weighted by Gasteiger charge is -2.10. The third-order valence-corrected chi connectivity index (χ3v) is 3.53. The van der Waals surface area contributed by atoms with E-state index in [2.05, 4.69) is 26.9 Å². The largest absolute Gasteiger partial charge is 0.475 e. The number of nitrogens with one attached hydrogen (secondary N) is 2. The fraction of sp³-hybridized carbons (Fsp3) is 0.211. The van der Waals surface area contributed by atoms with Gasteiger partial charge in [-0.3, -0.25) is 0 Å². The first-order valence-corrected chi connectivity index (χ1v) is 8.24. The topological polar surface area (TPSA) is 89.3 Å². The number of hydrogen-bond acceptors (Lipinski definition) is 5. The summed E-state index contributed by atoms with van der Waals surface area (Å²) in [5, 5.41) is 13.6. The number of rotatable bonds is 6. The maximum atomic E-state index is 11.9. The molecule has 3 aromatic rings. The van der Waals surface area contributed by atoms with Gasteiger partial charge in [-0.1, -0.05) is 6.07 Å². The number of ether oxygens (including phenoxy) is 1. The van der Waals surface area contributed by atoms with Crippen LogP contribution in [0.4, 0.5) is 10.5 Å². The molecule has 0 spiro atoms. The average molecular weight is 352 g/mol. The molecule has 0 aliphatic rings. The van der Waals surface area contributed by atoms with Gasteiger partial charge in [-0.25, -0.2) is 4.79 Å². The van der Waals surface area contributed by atoms with Gasteiger partial charge < -0.3 is 19.8 Å². The van der Waals surface area contributed by atoms with E-state index in [0.29, 0.717) is 23.9 Å². The van der Waals surface area contributed by atoms with E-state index in [-0.39, 0.29) is 12.6 Å². The molecule has 7 heteroatoms. The molecule has 134 valence electrons. The van der Waals surface area contributed by atoms with Crippen LogP contribution in [0.3, 0.4) is 0 Å². The highest BCUT2D eigenvalue weighted by atomic mass is 16.5. The predicted molar refractivity (Wildman–Crippen MR) is 98.2 cm³/mol. The van der Waals surface area contributed by atoms with Crippen LogP contribution < -0.4 is 15.4 Å². The van der Waals surface area contributed by atoms with Crippen LogP contribution in [0.15, 0.2) is 53.1 Å². The molecule has 26 heavy (non-hydrogen) atoms. The third-order valence-electron chi connectivity index (χ3n) is 3.53. The average Bonchev–Trinajstić information content (AvgIpc) is 3.13. The highest BCUT2D eigenvalue weighted by molar-refractivity contribution is 5.89. The number of urea groups is 1. The Hall–Kier alpha value is -3.35. The van der Waals surface area contributed by atoms with Crippen molar-refractivity contribution in [1.82, 2.24) is 15.5 Å². The Morgan fingerprint density at radius 1 is 1.12 bits per heavy atom. The summed E-state index contributed by atoms with van der Waals surface area (Å²) in [6.07, 6.45) is 1.58. The predicted octanol–water partition coefficient (Wildman–Crippen LogP) is 3.55. The van der Waals surface area contributed by atoms with E-state index in [1.54, 1.807) is 24.5 Å². The summed E-state index contributed by atoms with van der Waals surface area (Å²) in [5.41, 5.74) is 3.59. The number of nitrogens with zero attached hydrogens (tertiary/aromatic N) is 2. The molecule has 0 fully saturated rings. The lowest BCUT2D eigenvalue weighted by Crippen LogP contribution is -2.32. The van der Waals surface area contributed by atoms with E-state index in [1.807, 2.05) is 32.0 Å². The standard InChI is InChI=1S/C19H20N4O3/c1-13-10-14(2)12-15(11-13)21-19(24)20-7-9-26-18-6-5-16(22-23-18)17-4-3-8-25-17/h3-6,8,10-12H,7,9H2,1-2H3,(H2,20,21,24). The first-order chi connectivity index (χ1) is 12.6. The molecule has 0 atom stereocenters. The number of carbonyl (C=O) groups is 1. The first kappa shape index (κ1) is 17.5. The van der Waals surface area contributed by atoms with Crippen LogP contribution in [0.2, 0.25) is 0 Å². The van der Waals surface area contributed by atoms with Crippen molar-refractivity contribution < 1.29 is 13.9 Å². The summed E-state index contributed by atoms with van der Waals surface area (Å²) in [4.78, 5) is 11.9. The summed E-state index contributed by atoms with van der Waals surface area (Å²) < 4.78 is 10.7. The quantitative estimate of drug-likeness (QED) is 0.662. The molecule has 0 aliphatic carbocycles. The molecule has 0 saturated heterocycles. The Bertz CT molecular complexity index is 841. The fourth-order valence-electron chi connectivity index (χ4n) is 2.50. The Morgan fingerprint density at radius 3 is 2.58 bits per heavy atom. The number of aryl methyl sites for hydroxylation is 2. The van der Waals surface area contributed by atoms with E-state index in [1.165, 1.54) is 0 Å². The van der Waals surface area contributed by atoms with Crippen molar-refractivity contribution in [2.24, 2.45) is 0 Å². The summed E-state index contributed by atoms with van der Waals surface area (Å²) >= 11 is 0. The van der Waals surface area contributed by atoms with Gasteiger partial charge in [0.25, 0.3) is 0 Å². The molecule has 2 aromatic heterocycles. The molecular formula is C19H20N4O3. The molecule has 3 rings (SSSR count). The second-order valence-corrected chi connectivity index (χ2v) is 5.84. The Balaban J connectivity index is 1.41. The molecule has 0 aliphatic heterocycles. The SMILES string of the molecule is Cc1cc(C)cc(NC(=O)NCCOc2ccc(-c3ccco3)nn2)c1. The van der Waals surface area contributed by atoms with Crippen molar-refractivity contribution in [3.8, 4) is 17.3 Å². The van der Waals surface area contributed by atoms with Crippen molar-refractivity contribution in [1.29, 1.82) is 0 Å². The lowest BCUT2D eigenvalue weighted by atomic mass is 10.1. The van der Waals surface area contributed by atoms with Crippen molar-refractivity contribution in [2.45, 2.75) is 13.8 Å². The minimum atomic E-state index is -0.280. The van der Waals surface area contributed by atoms with E-state index >= 15 is 0 Å². The maximum Gasteiger partial charge on any atom is 0.319 e. The van der Waals surface area contributed by atoms with E-state index in [9.17, 15) is 4.79 Å². The Kier molecular flexibility index (Phi) is 5.48. The van der Waals surface area contributed by atoms with Crippen molar-refractivity contribution >= 4 is 11.7 Å². The van der Waals surface area contributed by atoms with Crippen molar-refractivity contribution in [2.75, 3.05) is 18.5 Å². The van der Waals surface area contributed by atoms with Gasteiger partial charge in [0, 0.05) is 11.8 Å². The number of furan rings is 1. The van der Waals surface area contributed by atoms with Crippen LogP contribution in [0.1, 0.15) is 11.1 Å². The summed E-state index contributed by atoms with van der Waals surface area (Å²) in [6.45, 7) is 4.61. The monoisotopic (exact) mass is 352 g/mol. The third kappa shape index (κ3) is 4.83. The summed E-state index contributed by atoms with van der Waals surface area (Å²) in [7, 11) is 0. The number of anilines is 1. The van der Waals surface area contributed by atoms with Crippen LogP contribution in [-0.4, -0.2) is 29.4 Å². The molecule has 0 radical (unpaired) electrons. The zero-order chi connectivity index (χ0) is 18.4. The molecule has 2 amide bonds. The minimum absolute atomic E-state index is 0.280. The number of benzene rings is 1. The Morgan fingerprint density at radius 2 is 1.92 bits per heavy atom. The fourth-order valence-corrected chi connectivity index (χ4v) is 2.50. The van der Waals surface area contributed by atoms with Crippen LogP contribution in [0, 0.1) is 13.8 Å². The molecule has 0 saturated carbocycles. The van der Waals surface area contributed by atoms with Gasteiger partial charge in [-0.2, -0.15) is 0 Å². The highest BCUT2D eigenvalue weighted by Crippen LogP contribution is 2.17. The van der Waals surface area contributed by atoms with Gasteiger partial charge in [0.2, 0.25) is 5.88 Å².